The number of amides is 1. The molecule has 27 heavy (non-hydrogen) atoms. The van der Waals surface area contributed by atoms with Crippen LogP contribution in [-0.2, 0) is 27.8 Å². The quantitative estimate of drug-likeness (QED) is 0.681. The molecule has 2 N–H and O–H groups in total. The van der Waals surface area contributed by atoms with Gasteiger partial charge in [0, 0.05) is 45.3 Å². The second-order valence-corrected chi connectivity index (χ2v) is 6.96. The molecule has 1 aromatic heterocycles. The number of rotatable bonds is 4. The molecule has 2 atom stereocenters. The number of carbonyl (C=O) groups excluding carboxylic acids is 1. The number of aliphatic hydroxyl groups is 1. The highest BCUT2D eigenvalue weighted by molar-refractivity contribution is 5.77. The van der Waals surface area contributed by atoms with Crippen LogP contribution < -0.4 is 0 Å². The molecule has 2 fully saturated rings. The van der Waals surface area contributed by atoms with Crippen molar-refractivity contribution in [3.05, 3.63) is 17.0 Å². The van der Waals surface area contributed by atoms with E-state index in [4.69, 9.17) is 14.6 Å². The summed E-state index contributed by atoms with van der Waals surface area (Å²) in [4.78, 5) is 25.0. The van der Waals surface area contributed by atoms with Crippen molar-refractivity contribution < 1.29 is 24.5 Å². The number of carboxylic acid groups (broad SMARTS) is 1. The van der Waals surface area contributed by atoms with Gasteiger partial charge in [0.2, 0.25) is 5.91 Å². The minimum Gasteiger partial charge on any atom is -0.483 e. The fourth-order valence-electron chi connectivity index (χ4n) is 3.81. The van der Waals surface area contributed by atoms with E-state index < -0.39 is 6.10 Å². The molecular weight excluding hydrogens is 352 g/mol. The fraction of sp³-hybridized carbons (Fsp3) is 0.722. The van der Waals surface area contributed by atoms with Gasteiger partial charge in [0.1, 0.15) is 0 Å². The Balaban J connectivity index is 0.000000817. The minimum atomic E-state index is -0.464. The Morgan fingerprint density at radius 2 is 1.93 bits per heavy atom. The molecule has 2 saturated heterocycles. The Morgan fingerprint density at radius 1 is 1.30 bits per heavy atom. The van der Waals surface area contributed by atoms with E-state index in [9.17, 15) is 9.90 Å². The van der Waals surface area contributed by atoms with Crippen LogP contribution in [0.3, 0.4) is 0 Å². The summed E-state index contributed by atoms with van der Waals surface area (Å²) in [6, 6.07) is 0.0414. The van der Waals surface area contributed by atoms with Crippen LogP contribution in [0.4, 0.5) is 0 Å². The van der Waals surface area contributed by atoms with E-state index >= 15 is 0 Å². The largest absolute Gasteiger partial charge is 0.483 e. The summed E-state index contributed by atoms with van der Waals surface area (Å²) in [5.74, 6) is 0.118. The molecule has 0 spiro atoms. The topological polar surface area (TPSA) is 108 Å². The van der Waals surface area contributed by atoms with E-state index in [2.05, 4.69) is 10.00 Å². The van der Waals surface area contributed by atoms with Crippen molar-refractivity contribution in [2.45, 2.75) is 38.8 Å². The number of aryl methyl sites for hydroxylation is 2. The zero-order valence-corrected chi connectivity index (χ0v) is 16.3. The molecule has 2 aliphatic heterocycles. The predicted octanol–water partition coefficient (Wildman–Crippen LogP) is -0.426. The van der Waals surface area contributed by atoms with Crippen LogP contribution >= 0.6 is 0 Å². The Morgan fingerprint density at radius 3 is 2.48 bits per heavy atom. The molecule has 0 radical (unpaired) electrons. The molecular formula is C18H30N4O5. The first-order valence-electron chi connectivity index (χ1n) is 9.23. The van der Waals surface area contributed by atoms with E-state index in [1.807, 2.05) is 30.5 Å². The van der Waals surface area contributed by atoms with Crippen LogP contribution in [0.5, 0.6) is 0 Å². The molecule has 1 aromatic rings. The lowest BCUT2D eigenvalue weighted by Crippen LogP contribution is -2.49. The maximum absolute atomic E-state index is 12.6. The molecule has 0 aliphatic carbocycles. The summed E-state index contributed by atoms with van der Waals surface area (Å²) in [6.07, 6.45) is 0.712. The minimum absolute atomic E-state index is 0.0414. The van der Waals surface area contributed by atoms with Crippen LogP contribution in [0.2, 0.25) is 0 Å². The first-order chi connectivity index (χ1) is 12.9. The average Bonchev–Trinajstić information content (AvgIpc) is 3.15. The second kappa shape index (κ2) is 9.82. The maximum atomic E-state index is 12.6. The molecule has 3 heterocycles. The van der Waals surface area contributed by atoms with Gasteiger partial charge in [-0.25, -0.2) is 0 Å². The second-order valence-electron chi connectivity index (χ2n) is 6.96. The van der Waals surface area contributed by atoms with Gasteiger partial charge in [0.15, 0.2) is 0 Å². The van der Waals surface area contributed by atoms with Crippen molar-refractivity contribution in [2.75, 3.05) is 39.4 Å². The SMILES string of the molecule is Cc1nn(C)c(C)c1CCC(=O)N1C[C@H](O)[C@@H](N2CCOCC2)C1.O=CO. The number of β-amino-alcohol motifs (C(OH)–C–C–N with tert-alkyl or cyclic N) is 1. The van der Waals surface area contributed by atoms with Gasteiger partial charge in [-0.2, -0.15) is 5.10 Å². The van der Waals surface area contributed by atoms with Crippen LogP contribution in [0.1, 0.15) is 23.4 Å². The van der Waals surface area contributed by atoms with Gasteiger partial charge in [0.05, 0.1) is 31.1 Å². The number of aliphatic hydroxyl groups excluding tert-OH is 1. The number of morpholine rings is 1. The number of ether oxygens (including phenoxy) is 1. The highest BCUT2D eigenvalue weighted by atomic mass is 16.5. The van der Waals surface area contributed by atoms with E-state index in [0.29, 0.717) is 39.1 Å². The van der Waals surface area contributed by atoms with Gasteiger partial charge in [-0.1, -0.05) is 0 Å². The monoisotopic (exact) mass is 382 g/mol. The molecule has 0 saturated carbocycles. The van der Waals surface area contributed by atoms with Crippen molar-refractivity contribution in [2.24, 2.45) is 7.05 Å². The van der Waals surface area contributed by atoms with Gasteiger partial charge < -0.3 is 19.8 Å². The van der Waals surface area contributed by atoms with Gasteiger partial charge >= 0.3 is 0 Å². The lowest BCUT2D eigenvalue weighted by Gasteiger charge is -2.33. The molecule has 0 bridgehead atoms. The van der Waals surface area contributed by atoms with Crippen molar-refractivity contribution in [3.63, 3.8) is 0 Å². The molecule has 2 aliphatic rings. The van der Waals surface area contributed by atoms with Crippen molar-refractivity contribution in [1.82, 2.24) is 19.6 Å². The maximum Gasteiger partial charge on any atom is 0.290 e. The standard InChI is InChI=1S/C17H28N4O3.CH2O2/c1-12-14(13(2)19(3)18-12)4-5-17(23)21-10-15(16(22)11-21)20-6-8-24-9-7-20;2-1-3/h15-16,22H,4-11H2,1-3H3;1H,(H,2,3)/t15-,16-;/m0./s1. The van der Waals surface area contributed by atoms with Gasteiger partial charge in [-0.3, -0.25) is 19.2 Å². The van der Waals surface area contributed by atoms with E-state index in [1.54, 1.807) is 0 Å². The van der Waals surface area contributed by atoms with E-state index in [1.165, 1.54) is 0 Å². The van der Waals surface area contributed by atoms with Crippen LogP contribution in [0.25, 0.3) is 0 Å². The van der Waals surface area contributed by atoms with Crippen molar-refractivity contribution in [1.29, 1.82) is 0 Å². The molecule has 0 aromatic carbocycles. The molecule has 3 rings (SSSR count). The Hall–Kier alpha value is -1.97. The number of carbonyl (C=O) groups is 2. The first kappa shape index (κ1) is 21.3. The third kappa shape index (κ3) is 5.27. The zero-order valence-electron chi connectivity index (χ0n) is 16.3. The van der Waals surface area contributed by atoms with E-state index in [-0.39, 0.29) is 18.4 Å². The Labute approximate surface area is 159 Å². The van der Waals surface area contributed by atoms with E-state index in [0.717, 1.165) is 30.0 Å². The highest BCUT2D eigenvalue weighted by Crippen LogP contribution is 2.20. The predicted molar refractivity (Wildman–Crippen MR) is 98.5 cm³/mol. The lowest BCUT2D eigenvalue weighted by atomic mass is 10.1. The van der Waals surface area contributed by atoms with Gasteiger partial charge in [-0.05, 0) is 25.8 Å². The number of nitrogens with zero attached hydrogens (tertiary/aromatic N) is 4. The van der Waals surface area contributed by atoms with Crippen molar-refractivity contribution in [3.8, 4) is 0 Å². The summed E-state index contributed by atoms with van der Waals surface area (Å²) < 4.78 is 7.23. The zero-order chi connectivity index (χ0) is 20.0. The first-order valence-corrected chi connectivity index (χ1v) is 9.23. The summed E-state index contributed by atoms with van der Waals surface area (Å²) in [7, 11) is 1.93. The average molecular weight is 382 g/mol. The van der Waals surface area contributed by atoms with Crippen LogP contribution in [0.15, 0.2) is 0 Å². The number of hydrogen-bond donors (Lipinski definition) is 2. The smallest absolute Gasteiger partial charge is 0.290 e. The third-order valence-corrected chi connectivity index (χ3v) is 5.37. The highest BCUT2D eigenvalue weighted by Gasteiger charge is 2.37. The molecule has 9 heteroatoms. The summed E-state index contributed by atoms with van der Waals surface area (Å²) in [6.45, 7) is 7.90. The van der Waals surface area contributed by atoms with Gasteiger partial charge in [-0.15, -0.1) is 0 Å². The summed E-state index contributed by atoms with van der Waals surface area (Å²) in [5.41, 5.74) is 3.28. The van der Waals surface area contributed by atoms with Crippen LogP contribution in [0, 0.1) is 13.8 Å². The number of aromatic nitrogens is 2. The summed E-state index contributed by atoms with van der Waals surface area (Å²) in [5, 5.41) is 21.6. The molecule has 0 unspecified atom stereocenters. The fourth-order valence-corrected chi connectivity index (χ4v) is 3.81. The van der Waals surface area contributed by atoms with Crippen LogP contribution in [-0.4, -0.2) is 93.7 Å². The third-order valence-electron chi connectivity index (χ3n) is 5.37. The molecule has 152 valence electrons. The van der Waals surface area contributed by atoms with Gasteiger partial charge in [0.25, 0.3) is 6.47 Å². The lowest BCUT2D eigenvalue weighted by molar-refractivity contribution is -0.130. The molecule has 9 nitrogen and oxygen atoms in total. The number of hydrogen-bond acceptors (Lipinski definition) is 6. The summed E-state index contributed by atoms with van der Waals surface area (Å²) >= 11 is 0. The van der Waals surface area contributed by atoms with Crippen molar-refractivity contribution >= 4 is 12.4 Å². The normalized spacial score (nSPS) is 23.0. The molecule has 1 amide bonds. The Bertz CT molecular complexity index is 642. The number of likely N-dealkylation sites (tertiary alicyclic amines) is 1. The Kier molecular flexibility index (Phi) is 7.76.